The minimum atomic E-state index is -3.33. The lowest BCUT2D eigenvalue weighted by Gasteiger charge is -2.08. The Morgan fingerprint density at radius 1 is 1.07 bits per heavy atom. The van der Waals surface area contributed by atoms with E-state index in [9.17, 15) is 22.4 Å². The van der Waals surface area contributed by atoms with Gasteiger partial charge in [-0.3, -0.25) is 9.59 Å². The van der Waals surface area contributed by atoms with Gasteiger partial charge in [-0.1, -0.05) is 30.3 Å². The van der Waals surface area contributed by atoms with Gasteiger partial charge in [-0.2, -0.15) is 0 Å². The van der Waals surface area contributed by atoms with E-state index in [-0.39, 0.29) is 35.3 Å². The van der Waals surface area contributed by atoms with Crippen LogP contribution in [0.2, 0.25) is 0 Å². The van der Waals surface area contributed by atoms with Crippen LogP contribution in [0.4, 0.5) is 4.39 Å². The highest BCUT2D eigenvalue weighted by Gasteiger charge is 2.10. The Hall–Kier alpha value is -2.23. The molecule has 9 heteroatoms. The van der Waals surface area contributed by atoms with E-state index in [1.807, 2.05) is 0 Å². The van der Waals surface area contributed by atoms with Gasteiger partial charge in [0.05, 0.1) is 11.5 Å². The fraction of sp³-hybridized carbons (Fsp3) is 0.263. The summed E-state index contributed by atoms with van der Waals surface area (Å²) in [6, 6.07) is 11.1. The molecule has 2 rings (SSSR count). The van der Waals surface area contributed by atoms with Crippen molar-refractivity contribution in [2.45, 2.75) is 24.1 Å². The number of nitrogens with one attached hydrogen (secondary N) is 2. The molecule has 0 unspecified atom stereocenters. The summed E-state index contributed by atoms with van der Waals surface area (Å²) >= 11 is 1.05. The molecule has 0 aliphatic heterocycles. The van der Waals surface area contributed by atoms with Crippen molar-refractivity contribution in [3.63, 3.8) is 0 Å². The lowest BCUT2D eigenvalue weighted by Crippen LogP contribution is -2.24. The third-order valence-corrected chi connectivity index (χ3v) is 6.26. The number of rotatable bonds is 9. The molecular weight excluding hydrogens is 403 g/mol. The predicted molar refractivity (Wildman–Crippen MR) is 107 cm³/mol. The molecule has 0 atom stereocenters. The Labute approximate surface area is 168 Å². The van der Waals surface area contributed by atoms with Crippen LogP contribution in [-0.2, 0) is 27.1 Å². The number of ketones is 1. The number of halogens is 1. The van der Waals surface area contributed by atoms with Crippen LogP contribution in [-0.4, -0.2) is 32.9 Å². The maximum atomic E-state index is 13.9. The highest BCUT2D eigenvalue weighted by Crippen LogP contribution is 2.22. The monoisotopic (exact) mass is 424 g/mol. The molecule has 0 heterocycles. The molecule has 0 radical (unpaired) electrons. The molecule has 0 fully saturated rings. The average Bonchev–Trinajstić information content (AvgIpc) is 2.66. The van der Waals surface area contributed by atoms with E-state index in [0.29, 0.717) is 10.5 Å². The molecule has 0 aliphatic carbocycles. The number of hydrogen-bond acceptors (Lipinski definition) is 5. The van der Waals surface area contributed by atoms with Crippen LogP contribution >= 0.6 is 11.8 Å². The number of benzene rings is 2. The maximum Gasteiger partial charge on any atom is 0.230 e. The van der Waals surface area contributed by atoms with Crippen molar-refractivity contribution < 1.29 is 22.4 Å². The van der Waals surface area contributed by atoms with E-state index >= 15 is 0 Å². The van der Waals surface area contributed by atoms with E-state index in [2.05, 4.69) is 10.0 Å². The van der Waals surface area contributed by atoms with E-state index < -0.39 is 15.8 Å². The number of sulfonamides is 1. The maximum absolute atomic E-state index is 13.9. The first-order valence-corrected chi connectivity index (χ1v) is 11.0. The van der Waals surface area contributed by atoms with Gasteiger partial charge in [-0.15, -0.1) is 11.8 Å². The molecule has 2 N–H and O–H groups in total. The van der Waals surface area contributed by atoms with Gasteiger partial charge in [0.25, 0.3) is 0 Å². The van der Waals surface area contributed by atoms with Gasteiger partial charge < -0.3 is 5.32 Å². The topological polar surface area (TPSA) is 92.3 Å². The first-order valence-electron chi connectivity index (χ1n) is 8.39. The summed E-state index contributed by atoms with van der Waals surface area (Å²) in [4.78, 5) is 23.5. The van der Waals surface area contributed by atoms with Gasteiger partial charge in [0.1, 0.15) is 5.82 Å². The van der Waals surface area contributed by atoms with Crippen molar-refractivity contribution in [2.24, 2.45) is 0 Å². The van der Waals surface area contributed by atoms with Gasteiger partial charge >= 0.3 is 0 Å². The second-order valence-electron chi connectivity index (χ2n) is 6.05. The summed E-state index contributed by atoms with van der Waals surface area (Å²) in [6.07, 6.45) is 0. The zero-order chi connectivity index (χ0) is 20.7. The molecule has 0 spiro atoms. The molecule has 6 nitrogen and oxygen atoms in total. The summed E-state index contributed by atoms with van der Waals surface area (Å²) in [5, 5.41) is 2.73. The molecule has 1 amide bonds. The molecule has 0 saturated carbocycles. The number of carbonyl (C=O) groups excluding carboxylic acids is 2. The number of Topliss-reactive ketones (excluding diaryl/α,β-unsaturated/α-hetero) is 1. The minimum Gasteiger partial charge on any atom is -0.351 e. The summed E-state index contributed by atoms with van der Waals surface area (Å²) in [5.74, 6) is -1.09. The second kappa shape index (κ2) is 9.81. The van der Waals surface area contributed by atoms with E-state index in [4.69, 9.17) is 0 Å². The van der Waals surface area contributed by atoms with E-state index in [1.165, 1.54) is 32.2 Å². The van der Waals surface area contributed by atoms with Gasteiger partial charge in [-0.25, -0.2) is 17.5 Å². The molecule has 0 aromatic heterocycles. The normalized spacial score (nSPS) is 11.2. The van der Waals surface area contributed by atoms with Crippen LogP contribution in [0, 0.1) is 5.82 Å². The van der Waals surface area contributed by atoms with E-state index in [0.717, 1.165) is 17.3 Å². The number of amides is 1. The van der Waals surface area contributed by atoms with Crippen molar-refractivity contribution >= 4 is 33.5 Å². The van der Waals surface area contributed by atoms with Crippen LogP contribution in [0.25, 0.3) is 0 Å². The SMILES string of the molecule is CNS(=O)(=O)Cc1ccc(CNC(=O)CSc2ccc(C(C)=O)cc2F)cc1. The fourth-order valence-electron chi connectivity index (χ4n) is 2.28. The third-order valence-electron chi connectivity index (χ3n) is 3.88. The Balaban J connectivity index is 1.83. The standard InChI is InChI=1S/C19H21FN2O4S2/c1-13(23)16-7-8-18(17(20)9-16)27-11-19(24)22-10-14-3-5-15(6-4-14)12-28(25,26)21-2/h3-9,21H,10-12H2,1-2H3,(H,22,24). The predicted octanol–water partition coefficient (Wildman–Crippen LogP) is 2.49. The highest BCUT2D eigenvalue weighted by molar-refractivity contribution is 8.00. The van der Waals surface area contributed by atoms with Crippen molar-refractivity contribution in [3.05, 3.63) is 65.0 Å². The van der Waals surface area contributed by atoms with Crippen LogP contribution in [0.1, 0.15) is 28.4 Å². The number of carbonyl (C=O) groups is 2. The van der Waals surface area contributed by atoms with Crippen molar-refractivity contribution in [2.75, 3.05) is 12.8 Å². The van der Waals surface area contributed by atoms with Crippen LogP contribution in [0.15, 0.2) is 47.4 Å². The Bertz CT molecular complexity index is 960. The summed E-state index contributed by atoms with van der Waals surface area (Å²) in [5.41, 5.74) is 1.75. The molecular formula is C19H21FN2O4S2. The molecule has 28 heavy (non-hydrogen) atoms. The highest BCUT2D eigenvalue weighted by atomic mass is 32.2. The fourth-order valence-corrected chi connectivity index (χ4v) is 3.80. The quantitative estimate of drug-likeness (QED) is 0.477. The van der Waals surface area contributed by atoms with Crippen LogP contribution < -0.4 is 10.0 Å². The van der Waals surface area contributed by atoms with Gasteiger partial charge in [-0.05, 0) is 37.2 Å². The summed E-state index contributed by atoms with van der Waals surface area (Å²) < 4.78 is 39.2. The van der Waals surface area contributed by atoms with Crippen LogP contribution in [0.3, 0.4) is 0 Å². The van der Waals surface area contributed by atoms with Gasteiger partial charge in [0, 0.05) is 17.0 Å². The molecule has 0 saturated heterocycles. The number of thioether (sulfide) groups is 1. The molecule has 150 valence electrons. The van der Waals surface area contributed by atoms with Gasteiger partial charge in [0.2, 0.25) is 15.9 Å². The summed E-state index contributed by atoms with van der Waals surface area (Å²) in [6.45, 7) is 1.64. The Kier molecular flexibility index (Phi) is 7.73. The third kappa shape index (κ3) is 6.74. The smallest absolute Gasteiger partial charge is 0.230 e. The van der Waals surface area contributed by atoms with Crippen molar-refractivity contribution in [1.29, 1.82) is 0 Å². The largest absolute Gasteiger partial charge is 0.351 e. The molecule has 2 aromatic rings. The second-order valence-corrected chi connectivity index (χ2v) is 8.99. The molecule has 2 aromatic carbocycles. The zero-order valence-corrected chi connectivity index (χ0v) is 17.1. The lowest BCUT2D eigenvalue weighted by atomic mass is 10.1. The number of hydrogen-bond donors (Lipinski definition) is 2. The zero-order valence-electron chi connectivity index (χ0n) is 15.5. The van der Waals surface area contributed by atoms with Crippen molar-refractivity contribution in [3.8, 4) is 0 Å². The first kappa shape index (κ1) is 22.1. The van der Waals surface area contributed by atoms with Crippen LogP contribution in [0.5, 0.6) is 0 Å². The lowest BCUT2D eigenvalue weighted by molar-refractivity contribution is -0.118. The molecule has 0 bridgehead atoms. The molecule has 0 aliphatic rings. The summed E-state index contributed by atoms with van der Waals surface area (Å²) in [7, 11) is -1.97. The van der Waals surface area contributed by atoms with E-state index in [1.54, 1.807) is 24.3 Å². The average molecular weight is 425 g/mol. The van der Waals surface area contributed by atoms with Crippen molar-refractivity contribution in [1.82, 2.24) is 10.0 Å². The Morgan fingerprint density at radius 3 is 2.29 bits per heavy atom. The minimum absolute atomic E-state index is 0.0365. The Morgan fingerprint density at radius 2 is 1.71 bits per heavy atom. The first-order chi connectivity index (χ1) is 13.2. The van der Waals surface area contributed by atoms with Gasteiger partial charge in [0.15, 0.2) is 5.78 Å².